The average Bonchev–Trinajstić information content (AvgIpc) is 3.02. The van der Waals surface area contributed by atoms with Crippen LogP contribution in [0.4, 0.5) is 4.39 Å². The molecule has 6 heteroatoms. The van der Waals surface area contributed by atoms with Crippen molar-refractivity contribution in [1.29, 1.82) is 0 Å². The summed E-state index contributed by atoms with van der Waals surface area (Å²) in [5, 5.41) is 0. The molecule has 0 bridgehead atoms. The molecule has 2 heterocycles. The Hall–Kier alpha value is -1.66. The molecule has 0 radical (unpaired) electrons. The second-order valence-electron chi connectivity index (χ2n) is 9.20. The fourth-order valence-electron chi connectivity index (χ4n) is 5.26. The van der Waals surface area contributed by atoms with E-state index < -0.39 is 0 Å². The summed E-state index contributed by atoms with van der Waals surface area (Å²) in [6.45, 7) is 9.18. The normalized spacial score (nSPS) is 27.0. The van der Waals surface area contributed by atoms with E-state index >= 15 is 0 Å². The van der Waals surface area contributed by atoms with Crippen LogP contribution in [-0.2, 0) is 4.74 Å². The quantitative estimate of drug-likeness (QED) is 0.797. The van der Waals surface area contributed by atoms with Crippen molar-refractivity contribution in [3.63, 3.8) is 0 Å². The molecule has 1 aromatic carbocycles. The summed E-state index contributed by atoms with van der Waals surface area (Å²) in [5.74, 6) is -0.271. The molecule has 0 amide bonds. The van der Waals surface area contributed by atoms with Crippen LogP contribution in [0.1, 0.15) is 70.4 Å². The van der Waals surface area contributed by atoms with E-state index in [0.29, 0.717) is 17.2 Å². The number of nitrogens with one attached hydrogen (secondary N) is 1. The summed E-state index contributed by atoms with van der Waals surface area (Å²) >= 11 is 0. The zero-order valence-corrected chi connectivity index (χ0v) is 18.0. The van der Waals surface area contributed by atoms with Crippen molar-refractivity contribution in [2.45, 2.75) is 83.4 Å². The number of imidazole rings is 1. The average molecular weight is 404 g/mol. The Balaban J connectivity index is 1.43. The number of ether oxygens (including phenoxy) is 1. The first-order chi connectivity index (χ1) is 13.9. The van der Waals surface area contributed by atoms with Crippen molar-refractivity contribution in [3.8, 4) is 0 Å². The predicted molar refractivity (Wildman–Crippen MR) is 114 cm³/mol. The van der Waals surface area contributed by atoms with Gasteiger partial charge in [0.2, 0.25) is 0 Å². The molecule has 0 spiro atoms. The first-order valence-electron chi connectivity index (χ1n) is 11.2. The van der Waals surface area contributed by atoms with Gasteiger partial charge < -0.3 is 9.72 Å². The third-order valence-electron chi connectivity index (χ3n) is 7.16. The first kappa shape index (κ1) is 20.6. The number of benzene rings is 1. The highest BCUT2D eigenvalue weighted by molar-refractivity contribution is 5.76. The fourth-order valence-corrected chi connectivity index (χ4v) is 5.26. The first-order valence-corrected chi connectivity index (χ1v) is 11.2. The van der Waals surface area contributed by atoms with Crippen molar-refractivity contribution in [1.82, 2.24) is 14.5 Å². The van der Waals surface area contributed by atoms with Crippen LogP contribution in [0.15, 0.2) is 16.9 Å². The van der Waals surface area contributed by atoms with Crippen LogP contribution in [0, 0.1) is 12.7 Å². The number of aromatic amines is 1. The van der Waals surface area contributed by atoms with Crippen LogP contribution in [0.3, 0.4) is 0 Å². The number of aromatic nitrogens is 2. The van der Waals surface area contributed by atoms with Gasteiger partial charge in [0.25, 0.3) is 0 Å². The molecular weight excluding hydrogens is 369 g/mol. The van der Waals surface area contributed by atoms with E-state index in [-0.39, 0.29) is 23.1 Å². The SMILES string of the molecule is CCCO[C@H]1CC[C@](C)(N2CCC(n3c(=O)[nH]c4cc(F)c(C)cc43)CC2)CC1. The van der Waals surface area contributed by atoms with E-state index in [2.05, 4.69) is 23.7 Å². The van der Waals surface area contributed by atoms with Gasteiger partial charge in [-0.05, 0) is 76.5 Å². The number of likely N-dealkylation sites (tertiary alicyclic amines) is 1. The van der Waals surface area contributed by atoms with E-state index in [0.717, 1.165) is 57.3 Å². The maximum absolute atomic E-state index is 13.9. The lowest BCUT2D eigenvalue weighted by Crippen LogP contribution is -2.53. The summed E-state index contributed by atoms with van der Waals surface area (Å²) < 4.78 is 21.7. The molecule has 2 fully saturated rings. The van der Waals surface area contributed by atoms with Crippen LogP contribution in [-0.4, -0.2) is 45.8 Å². The van der Waals surface area contributed by atoms with Gasteiger partial charge in [-0.2, -0.15) is 0 Å². The van der Waals surface area contributed by atoms with Crippen LogP contribution in [0.5, 0.6) is 0 Å². The van der Waals surface area contributed by atoms with Gasteiger partial charge in [0.05, 0.1) is 17.1 Å². The second-order valence-corrected chi connectivity index (χ2v) is 9.20. The molecular formula is C23H34FN3O2. The van der Waals surface area contributed by atoms with Gasteiger partial charge in [0.1, 0.15) is 5.82 Å². The highest BCUT2D eigenvalue weighted by Gasteiger charge is 2.38. The Morgan fingerprint density at radius 3 is 2.55 bits per heavy atom. The van der Waals surface area contributed by atoms with Crippen LogP contribution >= 0.6 is 0 Å². The monoisotopic (exact) mass is 403 g/mol. The molecule has 5 nitrogen and oxygen atoms in total. The molecule has 1 aliphatic heterocycles. The minimum Gasteiger partial charge on any atom is -0.378 e. The molecule has 1 N–H and O–H groups in total. The fraction of sp³-hybridized carbons (Fsp3) is 0.696. The van der Waals surface area contributed by atoms with Crippen molar-refractivity contribution in [2.24, 2.45) is 0 Å². The van der Waals surface area contributed by atoms with Gasteiger partial charge in [-0.25, -0.2) is 9.18 Å². The molecule has 1 saturated heterocycles. The van der Waals surface area contributed by atoms with Crippen LogP contribution in [0.2, 0.25) is 0 Å². The molecule has 0 atom stereocenters. The Kier molecular flexibility index (Phi) is 5.85. The van der Waals surface area contributed by atoms with Crippen molar-refractivity contribution in [2.75, 3.05) is 19.7 Å². The molecule has 2 aromatic rings. The second kappa shape index (κ2) is 8.23. The number of hydrogen-bond donors (Lipinski definition) is 1. The van der Waals surface area contributed by atoms with Gasteiger partial charge in [-0.15, -0.1) is 0 Å². The van der Waals surface area contributed by atoms with E-state index in [1.807, 2.05) is 4.57 Å². The number of H-pyrrole nitrogens is 1. The minimum atomic E-state index is -0.271. The van der Waals surface area contributed by atoms with Gasteiger partial charge in [0.15, 0.2) is 0 Å². The number of aryl methyl sites for hydroxylation is 1. The maximum Gasteiger partial charge on any atom is 0.326 e. The molecule has 160 valence electrons. The lowest BCUT2D eigenvalue weighted by atomic mass is 9.79. The topological polar surface area (TPSA) is 50.3 Å². The third kappa shape index (κ3) is 4.02. The lowest BCUT2D eigenvalue weighted by molar-refractivity contribution is -0.0305. The number of piperidine rings is 1. The number of nitrogens with zero attached hydrogens (tertiary/aromatic N) is 2. The van der Waals surface area contributed by atoms with Crippen LogP contribution < -0.4 is 5.69 Å². The van der Waals surface area contributed by atoms with Gasteiger partial charge in [-0.1, -0.05) is 6.92 Å². The van der Waals surface area contributed by atoms with E-state index in [1.165, 1.54) is 18.9 Å². The molecule has 1 aromatic heterocycles. The smallest absolute Gasteiger partial charge is 0.326 e. The van der Waals surface area contributed by atoms with Crippen LogP contribution in [0.25, 0.3) is 11.0 Å². The largest absolute Gasteiger partial charge is 0.378 e. The predicted octanol–water partition coefficient (Wildman–Crippen LogP) is 4.54. The van der Waals surface area contributed by atoms with Crippen molar-refractivity contribution in [3.05, 3.63) is 34.0 Å². The van der Waals surface area contributed by atoms with E-state index in [4.69, 9.17) is 4.74 Å². The van der Waals surface area contributed by atoms with Crippen molar-refractivity contribution < 1.29 is 9.13 Å². The molecule has 0 unspecified atom stereocenters. The zero-order chi connectivity index (χ0) is 20.6. The zero-order valence-electron chi connectivity index (χ0n) is 18.0. The molecule has 1 saturated carbocycles. The number of hydrogen-bond acceptors (Lipinski definition) is 3. The Bertz CT molecular complexity index is 903. The standard InChI is InChI=1S/C23H34FN3O2/c1-4-13-29-18-5-9-23(3,10-6-18)26-11-7-17(8-12-26)27-21-14-16(2)19(24)15-20(21)25-22(27)28/h14-15,17-18H,4-13H2,1-3H3,(H,25,28)/t18-,23-. The molecule has 2 aliphatic rings. The van der Waals surface area contributed by atoms with Gasteiger partial charge in [-0.3, -0.25) is 9.47 Å². The minimum absolute atomic E-state index is 0.122. The van der Waals surface area contributed by atoms with Gasteiger partial charge in [0, 0.05) is 31.3 Å². The summed E-state index contributed by atoms with van der Waals surface area (Å²) in [7, 11) is 0. The Morgan fingerprint density at radius 2 is 1.90 bits per heavy atom. The van der Waals surface area contributed by atoms with E-state index in [9.17, 15) is 9.18 Å². The Morgan fingerprint density at radius 1 is 1.21 bits per heavy atom. The van der Waals surface area contributed by atoms with Gasteiger partial charge >= 0.3 is 5.69 Å². The maximum atomic E-state index is 13.9. The Labute approximate surface area is 172 Å². The third-order valence-corrected chi connectivity index (χ3v) is 7.16. The summed E-state index contributed by atoms with van der Waals surface area (Å²) in [6, 6.07) is 3.41. The number of rotatable bonds is 5. The molecule has 1 aliphatic carbocycles. The summed E-state index contributed by atoms with van der Waals surface area (Å²) in [6.07, 6.45) is 8.06. The number of halogens is 1. The lowest BCUT2D eigenvalue weighted by Gasteiger charge is -2.48. The summed E-state index contributed by atoms with van der Waals surface area (Å²) in [4.78, 5) is 18.1. The summed E-state index contributed by atoms with van der Waals surface area (Å²) in [5.41, 5.74) is 2.12. The molecule has 4 rings (SSSR count). The molecule has 29 heavy (non-hydrogen) atoms. The highest BCUT2D eigenvalue weighted by Crippen LogP contribution is 2.38. The van der Waals surface area contributed by atoms with Crippen molar-refractivity contribution >= 4 is 11.0 Å². The number of fused-ring (bicyclic) bond motifs is 1. The van der Waals surface area contributed by atoms with E-state index in [1.54, 1.807) is 13.0 Å². The highest BCUT2D eigenvalue weighted by atomic mass is 19.1.